The molecule has 16 heavy (non-hydrogen) atoms. The monoisotopic (exact) mass is 241 g/mol. The molecular formula is C11H12FNO2S. The third-order valence-corrected chi connectivity index (χ3v) is 4.29. The van der Waals surface area contributed by atoms with Crippen LogP contribution in [0.3, 0.4) is 0 Å². The minimum Gasteiger partial charge on any atom is -0.288 e. The van der Waals surface area contributed by atoms with Gasteiger partial charge in [0.1, 0.15) is 5.82 Å². The minimum atomic E-state index is -2.92. The smallest absolute Gasteiger partial charge is 0.152 e. The second-order valence-electron chi connectivity index (χ2n) is 3.86. The lowest BCUT2D eigenvalue weighted by atomic mass is 10.2. The fourth-order valence-corrected chi connectivity index (χ4v) is 3.30. The van der Waals surface area contributed by atoms with Crippen LogP contribution in [0.5, 0.6) is 0 Å². The van der Waals surface area contributed by atoms with Crippen LogP contribution in [0.25, 0.3) is 0 Å². The van der Waals surface area contributed by atoms with Crippen molar-refractivity contribution in [2.24, 2.45) is 4.99 Å². The van der Waals surface area contributed by atoms with E-state index in [9.17, 15) is 12.8 Å². The molecule has 1 atom stereocenters. The summed E-state index contributed by atoms with van der Waals surface area (Å²) in [5.74, 6) is -0.0726. The number of rotatable bonds is 2. The normalized spacial score (nSPS) is 23.9. The third kappa shape index (κ3) is 2.66. The zero-order chi connectivity index (χ0) is 11.6. The number of hydrogen-bond acceptors (Lipinski definition) is 3. The quantitative estimate of drug-likeness (QED) is 0.735. The van der Waals surface area contributed by atoms with Crippen molar-refractivity contribution in [3.05, 3.63) is 35.6 Å². The number of halogens is 1. The van der Waals surface area contributed by atoms with E-state index in [0.717, 1.165) is 0 Å². The Balaban J connectivity index is 2.09. The Hall–Kier alpha value is -1.23. The van der Waals surface area contributed by atoms with E-state index < -0.39 is 9.84 Å². The summed E-state index contributed by atoms with van der Waals surface area (Å²) in [5, 5.41) is 0. The maximum absolute atomic E-state index is 13.2. The molecule has 3 nitrogen and oxygen atoms in total. The zero-order valence-electron chi connectivity index (χ0n) is 8.64. The highest BCUT2D eigenvalue weighted by molar-refractivity contribution is 7.91. The van der Waals surface area contributed by atoms with E-state index in [1.54, 1.807) is 18.2 Å². The number of sulfone groups is 1. The van der Waals surface area contributed by atoms with E-state index in [1.807, 2.05) is 0 Å². The van der Waals surface area contributed by atoms with Crippen molar-refractivity contribution in [1.29, 1.82) is 0 Å². The molecule has 1 aliphatic heterocycles. The van der Waals surface area contributed by atoms with Crippen molar-refractivity contribution in [3.63, 3.8) is 0 Å². The molecule has 1 aliphatic rings. The molecule has 0 saturated carbocycles. The Bertz CT molecular complexity index is 510. The maximum Gasteiger partial charge on any atom is 0.152 e. The Kier molecular flexibility index (Phi) is 3.05. The standard InChI is InChI=1S/C11H12FNO2S/c12-11-4-2-1-3-9(11)7-13-10-5-6-16(14,15)8-10/h1-4,7,10H,5-6,8H2/t10-/m0/s1. The third-order valence-electron chi connectivity index (χ3n) is 2.54. The van der Waals surface area contributed by atoms with E-state index in [2.05, 4.69) is 4.99 Å². The van der Waals surface area contributed by atoms with Crippen molar-refractivity contribution in [1.82, 2.24) is 0 Å². The molecule has 5 heteroatoms. The lowest BCUT2D eigenvalue weighted by Gasteiger charge is -1.99. The highest BCUT2D eigenvalue weighted by Crippen LogP contribution is 2.15. The van der Waals surface area contributed by atoms with Gasteiger partial charge in [-0.05, 0) is 12.5 Å². The highest BCUT2D eigenvalue weighted by atomic mass is 32.2. The van der Waals surface area contributed by atoms with Gasteiger partial charge in [0.15, 0.2) is 9.84 Å². The molecule has 0 radical (unpaired) electrons. The molecule has 0 spiro atoms. The fourth-order valence-electron chi connectivity index (χ4n) is 1.66. The molecular weight excluding hydrogens is 229 g/mol. The second kappa shape index (κ2) is 4.33. The highest BCUT2D eigenvalue weighted by Gasteiger charge is 2.26. The first-order valence-electron chi connectivity index (χ1n) is 5.05. The van der Waals surface area contributed by atoms with Crippen LogP contribution in [-0.4, -0.2) is 32.2 Å². The van der Waals surface area contributed by atoms with Gasteiger partial charge >= 0.3 is 0 Å². The molecule has 0 aliphatic carbocycles. The van der Waals surface area contributed by atoms with Gasteiger partial charge in [0, 0.05) is 11.8 Å². The van der Waals surface area contributed by atoms with Crippen LogP contribution in [0, 0.1) is 5.82 Å². The van der Waals surface area contributed by atoms with Gasteiger partial charge in [-0.1, -0.05) is 18.2 Å². The summed E-state index contributed by atoms with van der Waals surface area (Å²) in [6.45, 7) is 0. The van der Waals surface area contributed by atoms with Gasteiger partial charge in [0.05, 0.1) is 17.5 Å². The SMILES string of the molecule is O=S1(=O)CC[C@H](N=Cc2ccccc2F)C1. The van der Waals surface area contributed by atoms with Crippen molar-refractivity contribution >= 4 is 16.1 Å². The molecule has 0 aromatic heterocycles. The summed E-state index contributed by atoms with van der Waals surface area (Å²) in [6.07, 6.45) is 1.95. The molecule has 1 aromatic rings. The predicted molar refractivity (Wildman–Crippen MR) is 61.1 cm³/mol. The Labute approximate surface area is 93.9 Å². The van der Waals surface area contributed by atoms with Gasteiger partial charge in [-0.15, -0.1) is 0 Å². The number of nitrogens with zero attached hydrogens (tertiary/aromatic N) is 1. The Morgan fingerprint density at radius 2 is 2.12 bits per heavy atom. The first kappa shape index (κ1) is 11.3. The molecule has 0 unspecified atom stereocenters. The van der Waals surface area contributed by atoms with E-state index in [0.29, 0.717) is 12.0 Å². The van der Waals surface area contributed by atoms with E-state index >= 15 is 0 Å². The average molecular weight is 241 g/mol. The molecule has 0 N–H and O–H groups in total. The minimum absolute atomic E-state index is 0.0813. The van der Waals surface area contributed by atoms with Gasteiger partial charge in [0.2, 0.25) is 0 Å². The van der Waals surface area contributed by atoms with Crippen LogP contribution in [0.15, 0.2) is 29.3 Å². The number of aliphatic imine (C=N–C) groups is 1. The van der Waals surface area contributed by atoms with Gasteiger partial charge in [-0.2, -0.15) is 0 Å². The van der Waals surface area contributed by atoms with E-state index in [4.69, 9.17) is 0 Å². The maximum atomic E-state index is 13.2. The van der Waals surface area contributed by atoms with Crippen LogP contribution >= 0.6 is 0 Å². The van der Waals surface area contributed by atoms with Crippen LogP contribution in [0.4, 0.5) is 4.39 Å². The molecule has 86 valence electrons. The van der Waals surface area contributed by atoms with Gasteiger partial charge in [0.25, 0.3) is 0 Å². The van der Waals surface area contributed by atoms with Crippen molar-refractivity contribution in [2.45, 2.75) is 12.5 Å². The van der Waals surface area contributed by atoms with Crippen LogP contribution in [0.2, 0.25) is 0 Å². The lowest BCUT2D eigenvalue weighted by molar-refractivity contribution is 0.601. The van der Waals surface area contributed by atoms with E-state index in [1.165, 1.54) is 12.3 Å². The summed E-state index contributed by atoms with van der Waals surface area (Å²) < 4.78 is 35.5. The molecule has 0 bridgehead atoms. The molecule has 1 fully saturated rings. The average Bonchev–Trinajstić information content (AvgIpc) is 2.57. The molecule has 1 heterocycles. The summed E-state index contributed by atoms with van der Waals surface area (Å²) in [4.78, 5) is 4.11. The number of benzene rings is 1. The van der Waals surface area contributed by atoms with Crippen molar-refractivity contribution < 1.29 is 12.8 Å². The molecule has 0 amide bonds. The van der Waals surface area contributed by atoms with Crippen LogP contribution < -0.4 is 0 Å². The lowest BCUT2D eigenvalue weighted by Crippen LogP contribution is -2.07. The van der Waals surface area contributed by atoms with Gasteiger partial charge < -0.3 is 0 Å². The van der Waals surface area contributed by atoms with Crippen molar-refractivity contribution in [3.8, 4) is 0 Å². The predicted octanol–water partition coefficient (Wildman–Crippen LogP) is 1.43. The molecule has 1 aromatic carbocycles. The largest absolute Gasteiger partial charge is 0.288 e. The summed E-state index contributed by atoms with van der Waals surface area (Å²) in [7, 11) is -2.92. The Morgan fingerprint density at radius 3 is 2.75 bits per heavy atom. The summed E-state index contributed by atoms with van der Waals surface area (Å²) in [6, 6.07) is 6.07. The molecule has 1 saturated heterocycles. The van der Waals surface area contributed by atoms with Crippen LogP contribution in [0.1, 0.15) is 12.0 Å². The first-order valence-corrected chi connectivity index (χ1v) is 6.87. The van der Waals surface area contributed by atoms with Gasteiger partial charge in [-0.25, -0.2) is 12.8 Å². The molecule has 2 rings (SSSR count). The summed E-state index contributed by atoms with van der Waals surface area (Å²) >= 11 is 0. The van der Waals surface area contributed by atoms with Gasteiger partial charge in [-0.3, -0.25) is 4.99 Å². The Morgan fingerprint density at radius 1 is 1.38 bits per heavy atom. The zero-order valence-corrected chi connectivity index (χ0v) is 9.45. The summed E-state index contributed by atoms with van der Waals surface area (Å²) in [5.41, 5.74) is 0.395. The number of hydrogen-bond donors (Lipinski definition) is 0. The second-order valence-corrected chi connectivity index (χ2v) is 6.09. The topological polar surface area (TPSA) is 46.5 Å². The first-order chi connectivity index (χ1) is 7.57. The fraction of sp³-hybridized carbons (Fsp3) is 0.364. The van der Waals surface area contributed by atoms with Crippen LogP contribution in [-0.2, 0) is 9.84 Å². The van der Waals surface area contributed by atoms with Crippen molar-refractivity contribution in [2.75, 3.05) is 11.5 Å². The van der Waals surface area contributed by atoms with E-state index in [-0.39, 0.29) is 23.4 Å².